The molecule has 0 atom stereocenters. The van der Waals surface area contributed by atoms with Crippen molar-refractivity contribution in [1.29, 1.82) is 0 Å². The van der Waals surface area contributed by atoms with Gasteiger partial charge < -0.3 is 0 Å². The van der Waals surface area contributed by atoms with Gasteiger partial charge >= 0.3 is 0 Å². The summed E-state index contributed by atoms with van der Waals surface area (Å²) in [7, 11) is 2.06. The summed E-state index contributed by atoms with van der Waals surface area (Å²) in [5.74, 6) is 0. The third-order valence-corrected chi connectivity index (χ3v) is 4.27. The number of fused-ring (bicyclic) bond motifs is 1. The van der Waals surface area contributed by atoms with Gasteiger partial charge in [0.1, 0.15) is 0 Å². The number of para-hydroxylation sites is 1. The van der Waals surface area contributed by atoms with Crippen LogP contribution in [0.4, 0.5) is 5.69 Å². The molecule has 4 rings (SSSR count). The highest BCUT2D eigenvalue weighted by Crippen LogP contribution is 2.37. The highest BCUT2D eigenvalue weighted by atomic mass is 15.1. The molecule has 23 heavy (non-hydrogen) atoms. The summed E-state index contributed by atoms with van der Waals surface area (Å²) in [5, 5.41) is 0. The van der Waals surface area contributed by atoms with E-state index in [1.807, 2.05) is 12.1 Å². The molecule has 3 aromatic rings. The summed E-state index contributed by atoms with van der Waals surface area (Å²) in [6.45, 7) is 2.16. The third-order valence-electron chi connectivity index (χ3n) is 4.27. The number of pyridine rings is 1. The second-order valence-corrected chi connectivity index (χ2v) is 5.83. The molecular weight excluding hydrogens is 280 g/mol. The van der Waals surface area contributed by atoms with Crippen LogP contribution in [0, 0.1) is 13.1 Å². The number of aromatic nitrogens is 1. The summed E-state index contributed by atoms with van der Waals surface area (Å²) in [5.41, 5.74) is 7.15. The lowest BCUT2D eigenvalue weighted by Gasteiger charge is -2.12. The Labute approximate surface area is 136 Å². The van der Waals surface area contributed by atoms with E-state index in [9.17, 15) is 0 Å². The number of hydrogen-bond acceptors (Lipinski definition) is 0. The zero-order valence-corrected chi connectivity index (χ0v) is 13.3. The molecule has 112 valence electrons. The van der Waals surface area contributed by atoms with Crippen molar-refractivity contribution < 1.29 is 0 Å². The summed E-state index contributed by atoms with van der Waals surface area (Å²) in [4.78, 5) is 0. The second kappa shape index (κ2) is 5.40. The summed E-state index contributed by atoms with van der Waals surface area (Å²) in [6, 6.07) is 23.2. The Balaban J connectivity index is 2.09. The lowest BCUT2D eigenvalue weighted by atomic mass is 9.98. The quantitative estimate of drug-likeness (QED) is 0.479. The molecule has 0 saturated carbocycles. The SMILES string of the molecule is Cc1cccc2c1[N+](=c1ccccn1C)[C-]=C2c1ccccc1. The van der Waals surface area contributed by atoms with Crippen LogP contribution in [0.2, 0.25) is 0 Å². The molecule has 0 fully saturated rings. The Hall–Kier alpha value is -2.87. The van der Waals surface area contributed by atoms with Crippen LogP contribution in [0.25, 0.3) is 5.57 Å². The number of benzene rings is 2. The van der Waals surface area contributed by atoms with E-state index in [-0.39, 0.29) is 0 Å². The highest BCUT2D eigenvalue weighted by molar-refractivity contribution is 5.88. The first-order chi connectivity index (χ1) is 11.3. The minimum absolute atomic E-state index is 1.11. The maximum atomic E-state index is 3.60. The molecule has 0 saturated heterocycles. The lowest BCUT2D eigenvalue weighted by Crippen LogP contribution is -2.28. The van der Waals surface area contributed by atoms with Gasteiger partial charge in [0, 0.05) is 5.69 Å². The van der Waals surface area contributed by atoms with Gasteiger partial charge in [0.25, 0.3) is 0 Å². The number of nitrogens with zero attached hydrogens (tertiary/aromatic N) is 2. The zero-order chi connectivity index (χ0) is 15.8. The molecule has 0 radical (unpaired) electrons. The van der Waals surface area contributed by atoms with Crippen molar-refractivity contribution in [2.24, 2.45) is 7.05 Å². The smallest absolute Gasteiger partial charge is 0.222 e. The van der Waals surface area contributed by atoms with Gasteiger partial charge in [0.2, 0.25) is 5.49 Å². The molecule has 0 amide bonds. The van der Waals surface area contributed by atoms with Crippen molar-refractivity contribution >= 4 is 11.3 Å². The Kier molecular flexibility index (Phi) is 3.23. The van der Waals surface area contributed by atoms with Crippen LogP contribution in [-0.2, 0) is 7.05 Å². The molecule has 2 heteroatoms. The first kappa shape index (κ1) is 13.8. The van der Waals surface area contributed by atoms with Crippen LogP contribution < -0.4 is 10.1 Å². The van der Waals surface area contributed by atoms with E-state index in [1.54, 1.807) is 0 Å². The maximum absolute atomic E-state index is 3.60. The van der Waals surface area contributed by atoms with Gasteiger partial charge in [-0.05, 0) is 24.6 Å². The zero-order valence-electron chi connectivity index (χ0n) is 13.3. The van der Waals surface area contributed by atoms with Crippen LogP contribution in [-0.4, -0.2) is 4.57 Å². The van der Waals surface area contributed by atoms with Crippen LogP contribution in [0.1, 0.15) is 16.7 Å². The monoisotopic (exact) mass is 298 g/mol. The molecule has 2 heterocycles. The van der Waals surface area contributed by atoms with E-state index >= 15 is 0 Å². The molecule has 1 aliphatic rings. The van der Waals surface area contributed by atoms with Crippen LogP contribution in [0.15, 0.2) is 72.9 Å². The Morgan fingerprint density at radius 1 is 0.870 bits per heavy atom. The van der Waals surface area contributed by atoms with Crippen LogP contribution in [0.3, 0.4) is 0 Å². The van der Waals surface area contributed by atoms with Crippen LogP contribution in [0.5, 0.6) is 0 Å². The van der Waals surface area contributed by atoms with Gasteiger partial charge in [-0.1, -0.05) is 71.3 Å². The number of hydrogen-bond donors (Lipinski definition) is 0. The predicted molar refractivity (Wildman–Crippen MR) is 93.7 cm³/mol. The fourth-order valence-corrected chi connectivity index (χ4v) is 3.13. The first-order valence-electron chi connectivity index (χ1n) is 7.79. The van der Waals surface area contributed by atoms with Crippen molar-refractivity contribution in [1.82, 2.24) is 9.14 Å². The molecule has 0 unspecified atom stereocenters. The second-order valence-electron chi connectivity index (χ2n) is 5.83. The van der Waals surface area contributed by atoms with Crippen molar-refractivity contribution in [3.8, 4) is 0 Å². The van der Waals surface area contributed by atoms with Crippen molar-refractivity contribution in [3.63, 3.8) is 0 Å². The van der Waals surface area contributed by atoms with Gasteiger partial charge in [-0.3, -0.25) is 9.14 Å². The first-order valence-corrected chi connectivity index (χ1v) is 7.79. The lowest BCUT2D eigenvalue weighted by molar-refractivity contribution is 0.758. The van der Waals surface area contributed by atoms with Gasteiger partial charge in [-0.2, -0.15) is 0 Å². The van der Waals surface area contributed by atoms with E-state index in [0.717, 1.165) is 11.1 Å². The molecule has 2 aromatic carbocycles. The average Bonchev–Trinajstić information content (AvgIpc) is 2.97. The van der Waals surface area contributed by atoms with E-state index in [4.69, 9.17) is 0 Å². The number of rotatable bonds is 1. The van der Waals surface area contributed by atoms with Gasteiger partial charge in [0.15, 0.2) is 0 Å². The fourth-order valence-electron chi connectivity index (χ4n) is 3.13. The van der Waals surface area contributed by atoms with Crippen molar-refractivity contribution in [3.05, 3.63) is 101 Å². The van der Waals surface area contributed by atoms with E-state index in [1.165, 1.54) is 22.4 Å². The van der Waals surface area contributed by atoms with E-state index < -0.39 is 0 Å². The molecule has 1 aromatic heterocycles. The topological polar surface area (TPSA) is 7.94 Å². The molecule has 1 aliphatic heterocycles. The molecule has 0 aliphatic carbocycles. The normalized spacial score (nSPS) is 15.3. The average molecular weight is 298 g/mol. The summed E-state index contributed by atoms with van der Waals surface area (Å²) in [6.07, 6.45) is 5.66. The Morgan fingerprint density at radius 3 is 2.43 bits per heavy atom. The standard InChI is InChI=1S/C21H18N2/c1-16-9-8-12-18-19(17-10-4-3-5-11-17)15-23(21(16)18)20-13-6-7-14-22(20)2/h3-14H,1-2H3. The molecule has 0 spiro atoms. The largest absolute Gasteiger partial charge is 0.298 e. The van der Waals surface area contributed by atoms with Crippen LogP contribution >= 0.6 is 0 Å². The minimum atomic E-state index is 1.11. The molecule has 0 N–H and O–H groups in total. The summed E-state index contributed by atoms with van der Waals surface area (Å²) >= 11 is 0. The van der Waals surface area contributed by atoms with Crippen molar-refractivity contribution in [2.45, 2.75) is 6.92 Å². The Bertz CT molecular complexity index is 976. The van der Waals surface area contributed by atoms with Gasteiger partial charge in [-0.25, -0.2) is 0 Å². The summed E-state index contributed by atoms with van der Waals surface area (Å²) < 4.78 is 4.30. The predicted octanol–water partition coefficient (Wildman–Crippen LogP) is 3.64. The molecule has 2 nitrogen and oxygen atoms in total. The molecule has 0 bridgehead atoms. The van der Waals surface area contributed by atoms with Gasteiger partial charge in [0.05, 0.1) is 19.4 Å². The Morgan fingerprint density at radius 2 is 1.65 bits per heavy atom. The maximum Gasteiger partial charge on any atom is 0.222 e. The van der Waals surface area contributed by atoms with E-state index in [0.29, 0.717) is 0 Å². The third kappa shape index (κ3) is 2.23. The highest BCUT2D eigenvalue weighted by Gasteiger charge is 2.18. The minimum Gasteiger partial charge on any atom is -0.298 e. The fraction of sp³-hybridized carbons (Fsp3) is 0.0952. The molecular formula is C21H18N2. The number of aryl methyl sites for hydroxylation is 2. The van der Waals surface area contributed by atoms with Crippen molar-refractivity contribution in [2.75, 3.05) is 0 Å². The van der Waals surface area contributed by atoms with E-state index in [2.05, 4.69) is 90.1 Å². The van der Waals surface area contributed by atoms with Gasteiger partial charge in [-0.15, -0.1) is 0 Å².